The van der Waals surface area contributed by atoms with E-state index in [-0.39, 0.29) is 29.1 Å². The van der Waals surface area contributed by atoms with Gasteiger partial charge in [-0.1, -0.05) is 12.1 Å². The van der Waals surface area contributed by atoms with Crippen molar-refractivity contribution in [2.24, 2.45) is 0 Å². The highest BCUT2D eigenvalue weighted by Crippen LogP contribution is 2.47. The molecule has 200 valence electrons. The predicted octanol–water partition coefficient (Wildman–Crippen LogP) is 4.15. The third-order valence-corrected chi connectivity index (χ3v) is 7.19. The molecule has 1 N–H and O–H groups in total. The number of ketones is 1. The molecule has 2 aromatic heterocycles. The van der Waals surface area contributed by atoms with E-state index in [2.05, 4.69) is 20.0 Å². The van der Waals surface area contributed by atoms with Crippen LogP contribution in [0, 0.1) is 5.82 Å². The number of para-hydroxylation sites is 2. The van der Waals surface area contributed by atoms with Crippen molar-refractivity contribution in [1.29, 1.82) is 0 Å². The summed E-state index contributed by atoms with van der Waals surface area (Å²) in [6, 6.07) is 8.96. The number of rotatable bonds is 7. The number of hydrogen-bond acceptors (Lipinski definition) is 7. The Balaban J connectivity index is 1.55. The number of imidazole rings is 1. The summed E-state index contributed by atoms with van der Waals surface area (Å²) in [5.74, 6) is -2.31. The van der Waals surface area contributed by atoms with Crippen LogP contribution in [0.5, 0.6) is 5.75 Å². The normalized spacial score (nSPS) is 18.5. The van der Waals surface area contributed by atoms with Crippen LogP contribution in [0.1, 0.15) is 69.1 Å². The maximum absolute atomic E-state index is 16.0. The number of methoxy groups -OCH3 is 1. The molecule has 12 heteroatoms. The van der Waals surface area contributed by atoms with Crippen LogP contribution in [0.2, 0.25) is 0 Å². The van der Waals surface area contributed by atoms with Gasteiger partial charge in [0, 0.05) is 36.5 Å². The fourth-order valence-electron chi connectivity index (χ4n) is 5.38. The van der Waals surface area contributed by atoms with Gasteiger partial charge in [-0.3, -0.25) is 9.59 Å². The van der Waals surface area contributed by atoms with E-state index in [1.807, 2.05) is 28.8 Å². The number of hydrogen-bond donors (Lipinski definition) is 1. The fraction of sp³-hybridized carbons (Fsp3) is 0.296. The van der Waals surface area contributed by atoms with E-state index in [1.54, 1.807) is 6.92 Å². The second kappa shape index (κ2) is 9.45. The molecule has 0 saturated carbocycles. The lowest BCUT2D eigenvalue weighted by molar-refractivity contribution is -0.0523. The van der Waals surface area contributed by atoms with Crippen molar-refractivity contribution in [3.63, 3.8) is 0 Å². The quantitative estimate of drug-likeness (QED) is 0.353. The average Bonchev–Trinajstić information content (AvgIpc) is 3.42. The Hall–Kier alpha value is -4.32. The van der Waals surface area contributed by atoms with Gasteiger partial charge in [0.05, 0.1) is 23.1 Å². The van der Waals surface area contributed by atoms with Crippen molar-refractivity contribution in [2.45, 2.75) is 44.6 Å². The minimum absolute atomic E-state index is 0.0244. The molecular formula is C27H22F3N5O4. The lowest BCUT2D eigenvalue weighted by atomic mass is 9.90. The maximum Gasteiger partial charge on any atom is 0.387 e. The van der Waals surface area contributed by atoms with Crippen molar-refractivity contribution in [3.8, 4) is 5.75 Å². The number of nitrogens with one attached hydrogen (secondary N) is 1. The molecule has 0 aliphatic carbocycles. The highest BCUT2D eigenvalue weighted by Gasteiger charge is 2.43. The van der Waals surface area contributed by atoms with Crippen LogP contribution in [0.3, 0.4) is 0 Å². The molecule has 4 aromatic rings. The largest absolute Gasteiger partial charge is 0.432 e. The van der Waals surface area contributed by atoms with E-state index in [4.69, 9.17) is 9.72 Å². The Kier molecular flexibility index (Phi) is 6.06. The SMILES string of the molecule is COC(C)C(=O)c1nccc(Cc2c(F)c(OC(F)F)cc3c2[C@H]2C[C@@H](NC3=O)c3nc4ccccc4n32)n1. The number of carbonyl (C=O) groups is 2. The van der Waals surface area contributed by atoms with Crippen molar-refractivity contribution in [1.82, 2.24) is 24.8 Å². The molecule has 1 unspecified atom stereocenters. The Labute approximate surface area is 220 Å². The summed E-state index contributed by atoms with van der Waals surface area (Å²) >= 11 is 0. The summed E-state index contributed by atoms with van der Waals surface area (Å²) in [6.45, 7) is -1.76. The number of fused-ring (bicyclic) bond motifs is 9. The topological polar surface area (TPSA) is 108 Å². The van der Waals surface area contributed by atoms with E-state index < -0.39 is 48.1 Å². The van der Waals surface area contributed by atoms with Gasteiger partial charge in [-0.05, 0) is 43.2 Å². The van der Waals surface area contributed by atoms with Gasteiger partial charge in [-0.2, -0.15) is 8.78 Å². The molecule has 2 aromatic carbocycles. The number of ether oxygens (including phenoxy) is 2. The van der Waals surface area contributed by atoms with Gasteiger partial charge in [-0.25, -0.2) is 19.3 Å². The van der Waals surface area contributed by atoms with Crippen molar-refractivity contribution in [3.05, 3.63) is 82.4 Å². The van der Waals surface area contributed by atoms with Gasteiger partial charge >= 0.3 is 6.61 Å². The van der Waals surface area contributed by atoms with Gasteiger partial charge in [0.25, 0.3) is 5.91 Å². The molecule has 6 rings (SSSR count). The van der Waals surface area contributed by atoms with Crippen LogP contribution in [-0.2, 0) is 11.2 Å². The van der Waals surface area contributed by atoms with Crippen molar-refractivity contribution >= 4 is 22.7 Å². The van der Waals surface area contributed by atoms with Crippen molar-refractivity contribution < 1.29 is 32.2 Å². The zero-order chi connectivity index (χ0) is 27.4. The number of benzene rings is 2. The lowest BCUT2D eigenvalue weighted by Crippen LogP contribution is -2.28. The summed E-state index contributed by atoms with van der Waals surface area (Å²) in [6.07, 6.45) is 0.734. The first-order valence-corrected chi connectivity index (χ1v) is 12.2. The monoisotopic (exact) mass is 537 g/mol. The first kappa shape index (κ1) is 25.0. The highest BCUT2D eigenvalue weighted by atomic mass is 19.3. The summed E-state index contributed by atoms with van der Waals surface area (Å²) in [5.41, 5.74) is 2.08. The first-order chi connectivity index (χ1) is 18.8. The average molecular weight is 537 g/mol. The summed E-state index contributed by atoms with van der Waals surface area (Å²) in [7, 11) is 1.37. The number of carbonyl (C=O) groups excluding carboxylic acids is 2. The van der Waals surface area contributed by atoms with Crippen LogP contribution in [0.4, 0.5) is 13.2 Å². The van der Waals surface area contributed by atoms with Crippen LogP contribution >= 0.6 is 0 Å². The van der Waals surface area contributed by atoms with Crippen molar-refractivity contribution in [2.75, 3.05) is 7.11 Å². The predicted molar refractivity (Wildman–Crippen MR) is 131 cm³/mol. The van der Waals surface area contributed by atoms with Crippen LogP contribution in [0.15, 0.2) is 42.6 Å². The number of amides is 1. The number of nitrogens with zero attached hydrogens (tertiary/aromatic N) is 4. The molecule has 4 heterocycles. The Morgan fingerprint density at radius 2 is 2.03 bits per heavy atom. The van der Waals surface area contributed by atoms with E-state index in [0.29, 0.717) is 23.3 Å². The van der Waals surface area contributed by atoms with Gasteiger partial charge in [0.15, 0.2) is 17.4 Å². The van der Waals surface area contributed by atoms with Crippen LogP contribution < -0.4 is 10.1 Å². The van der Waals surface area contributed by atoms with Gasteiger partial charge < -0.3 is 19.4 Å². The molecule has 9 nitrogen and oxygen atoms in total. The molecule has 1 amide bonds. The van der Waals surface area contributed by atoms with Gasteiger partial charge in [-0.15, -0.1) is 0 Å². The molecule has 0 spiro atoms. The number of alkyl halides is 2. The lowest BCUT2D eigenvalue weighted by Gasteiger charge is -2.23. The van der Waals surface area contributed by atoms with E-state index in [1.165, 1.54) is 19.4 Å². The fourth-order valence-corrected chi connectivity index (χ4v) is 5.38. The summed E-state index contributed by atoms with van der Waals surface area (Å²) < 4.78 is 53.9. The molecule has 2 bridgehead atoms. The molecule has 2 aliphatic rings. The minimum Gasteiger partial charge on any atom is -0.432 e. The van der Waals surface area contributed by atoms with E-state index in [9.17, 15) is 18.4 Å². The van der Waals surface area contributed by atoms with Crippen LogP contribution in [-0.4, -0.2) is 51.0 Å². The summed E-state index contributed by atoms with van der Waals surface area (Å²) in [5, 5.41) is 2.91. The number of Topliss-reactive ketones (excluding diaryl/α,β-unsaturated/α-hetero) is 1. The Morgan fingerprint density at radius 3 is 2.79 bits per heavy atom. The molecule has 0 radical (unpaired) electrons. The minimum atomic E-state index is -3.31. The van der Waals surface area contributed by atoms with Gasteiger partial charge in [0.1, 0.15) is 11.9 Å². The van der Waals surface area contributed by atoms with Gasteiger partial charge in [0.2, 0.25) is 5.78 Å². The smallest absolute Gasteiger partial charge is 0.387 e. The molecular weight excluding hydrogens is 515 g/mol. The second-order valence-electron chi connectivity index (χ2n) is 9.40. The van der Waals surface area contributed by atoms with E-state index >= 15 is 4.39 Å². The Morgan fingerprint density at radius 1 is 1.23 bits per heavy atom. The second-order valence-corrected chi connectivity index (χ2v) is 9.40. The third kappa shape index (κ3) is 4.11. The molecule has 3 atom stereocenters. The molecule has 2 aliphatic heterocycles. The number of halogens is 3. The first-order valence-electron chi connectivity index (χ1n) is 12.2. The maximum atomic E-state index is 16.0. The van der Waals surface area contributed by atoms with E-state index in [0.717, 1.165) is 11.6 Å². The Bertz CT molecular complexity index is 1640. The molecule has 39 heavy (non-hydrogen) atoms. The zero-order valence-corrected chi connectivity index (χ0v) is 20.8. The third-order valence-electron chi connectivity index (χ3n) is 7.19. The molecule has 0 fully saturated rings. The standard InChI is InChI=1S/C27H22F3N5O4/c1-12(38-2)23(36)24-31-8-7-13(32-24)9-14-21-15(10-20(22(14)28)39-27(29)30)26(37)34-17-11-19(21)35-18-6-4-3-5-16(18)33-25(17)35/h3-8,10,12,17,19,27H,9,11H2,1-2H3,(H,34,37)/t12?,17-,19-/m1/s1. The number of aromatic nitrogens is 4. The zero-order valence-electron chi connectivity index (χ0n) is 20.8. The summed E-state index contributed by atoms with van der Waals surface area (Å²) in [4.78, 5) is 38.9. The molecule has 0 saturated heterocycles. The highest BCUT2D eigenvalue weighted by molar-refractivity contribution is 5.98. The van der Waals surface area contributed by atoms with Crippen LogP contribution in [0.25, 0.3) is 11.0 Å².